The lowest BCUT2D eigenvalue weighted by molar-refractivity contribution is 0.894. The summed E-state index contributed by atoms with van der Waals surface area (Å²) in [5.74, 6) is 1.30. The van der Waals surface area contributed by atoms with Crippen LogP contribution in [-0.4, -0.2) is 17.0 Å². The number of nitrogens with two attached hydrogens (primary N) is 1. The zero-order valence-corrected chi connectivity index (χ0v) is 14.9. The molecule has 1 heterocycles. The fraction of sp³-hybridized carbons (Fsp3) is 0.111. The highest BCUT2D eigenvalue weighted by Crippen LogP contribution is 2.29. The minimum absolute atomic E-state index is 0.524. The molecule has 1 aromatic heterocycles. The highest BCUT2D eigenvalue weighted by Gasteiger charge is 2.12. The number of nitrogen functional groups attached to an aromatic ring is 1. The van der Waals surface area contributed by atoms with Crippen molar-refractivity contribution in [3.8, 4) is 0 Å². The Hall–Kier alpha value is -2.60. The van der Waals surface area contributed by atoms with Crippen LogP contribution in [0.25, 0.3) is 0 Å². The van der Waals surface area contributed by atoms with E-state index in [1.165, 1.54) is 11.9 Å². The van der Waals surface area contributed by atoms with E-state index in [0.29, 0.717) is 17.3 Å². The molecule has 122 valence electrons. The van der Waals surface area contributed by atoms with E-state index in [0.717, 1.165) is 16.7 Å². The summed E-state index contributed by atoms with van der Waals surface area (Å²) in [5.41, 5.74) is 8.91. The third kappa shape index (κ3) is 3.83. The fourth-order valence-corrected chi connectivity index (χ4v) is 2.82. The van der Waals surface area contributed by atoms with Crippen molar-refractivity contribution in [2.75, 3.05) is 23.0 Å². The van der Waals surface area contributed by atoms with Gasteiger partial charge >= 0.3 is 0 Å². The lowest BCUT2D eigenvalue weighted by Crippen LogP contribution is -2.20. The molecule has 0 amide bonds. The first-order chi connectivity index (χ1) is 11.6. The lowest BCUT2D eigenvalue weighted by Gasteiger charge is -2.21. The van der Waals surface area contributed by atoms with Gasteiger partial charge in [-0.25, -0.2) is 9.97 Å². The second kappa shape index (κ2) is 7.31. The Morgan fingerprint density at radius 1 is 1.08 bits per heavy atom. The number of hydrogen-bond acceptors (Lipinski definition) is 5. The van der Waals surface area contributed by atoms with Gasteiger partial charge in [-0.1, -0.05) is 52.3 Å². The van der Waals surface area contributed by atoms with Crippen molar-refractivity contribution in [1.29, 1.82) is 0 Å². The summed E-state index contributed by atoms with van der Waals surface area (Å²) in [4.78, 5) is 10.6. The molecule has 0 atom stereocenters. The molecule has 24 heavy (non-hydrogen) atoms. The molecule has 0 aliphatic rings. The first kappa shape index (κ1) is 16.3. The smallest absolute Gasteiger partial charge is 0.159 e. The van der Waals surface area contributed by atoms with Crippen molar-refractivity contribution in [2.45, 2.75) is 6.54 Å². The fourth-order valence-electron chi connectivity index (χ4n) is 2.43. The van der Waals surface area contributed by atoms with Crippen LogP contribution in [0.5, 0.6) is 0 Å². The maximum absolute atomic E-state index is 6.28. The highest BCUT2D eigenvalue weighted by atomic mass is 79.9. The van der Waals surface area contributed by atoms with Crippen LogP contribution < -0.4 is 16.0 Å². The van der Waals surface area contributed by atoms with Gasteiger partial charge in [0.05, 0.1) is 0 Å². The summed E-state index contributed by atoms with van der Waals surface area (Å²) in [6.07, 6.45) is 1.52. The molecule has 3 N–H and O–H groups in total. The number of halogens is 1. The maximum atomic E-state index is 6.28. The van der Waals surface area contributed by atoms with Crippen molar-refractivity contribution in [3.05, 3.63) is 71.0 Å². The molecule has 0 unspecified atom stereocenters. The van der Waals surface area contributed by atoms with Crippen molar-refractivity contribution < 1.29 is 0 Å². The zero-order chi connectivity index (χ0) is 16.9. The molecular formula is C18H18BrN5. The molecule has 3 aromatic rings. The van der Waals surface area contributed by atoms with Crippen LogP contribution in [0.1, 0.15) is 5.56 Å². The predicted octanol–water partition coefficient (Wildman–Crippen LogP) is 4.20. The summed E-state index contributed by atoms with van der Waals surface area (Å²) in [6, 6.07) is 18.0. The lowest BCUT2D eigenvalue weighted by atomic mass is 10.2. The van der Waals surface area contributed by atoms with E-state index in [4.69, 9.17) is 5.73 Å². The molecule has 0 radical (unpaired) electrons. The van der Waals surface area contributed by atoms with Gasteiger partial charge in [-0.3, -0.25) is 0 Å². The van der Waals surface area contributed by atoms with Crippen LogP contribution in [0, 0.1) is 0 Å². The van der Waals surface area contributed by atoms with Gasteiger partial charge in [0.15, 0.2) is 11.6 Å². The number of aromatic nitrogens is 2. The van der Waals surface area contributed by atoms with Gasteiger partial charge in [0, 0.05) is 23.8 Å². The number of hydrogen-bond donors (Lipinski definition) is 2. The van der Waals surface area contributed by atoms with E-state index in [2.05, 4.69) is 43.3 Å². The molecule has 3 rings (SSSR count). The summed E-state index contributed by atoms with van der Waals surface area (Å²) >= 11 is 3.46. The summed E-state index contributed by atoms with van der Waals surface area (Å²) in [5, 5.41) is 3.24. The van der Waals surface area contributed by atoms with E-state index in [1.807, 2.05) is 54.4 Å². The van der Waals surface area contributed by atoms with Gasteiger partial charge in [0.2, 0.25) is 0 Å². The summed E-state index contributed by atoms with van der Waals surface area (Å²) in [7, 11) is 1.97. The second-order valence-corrected chi connectivity index (χ2v) is 6.35. The molecule has 0 aliphatic heterocycles. The van der Waals surface area contributed by atoms with Gasteiger partial charge in [0.25, 0.3) is 0 Å². The summed E-state index contributed by atoms with van der Waals surface area (Å²) in [6.45, 7) is 0.721. The monoisotopic (exact) mass is 383 g/mol. The van der Waals surface area contributed by atoms with Gasteiger partial charge in [-0.2, -0.15) is 0 Å². The molecule has 2 aromatic carbocycles. The van der Waals surface area contributed by atoms with E-state index in [9.17, 15) is 0 Å². The second-order valence-electron chi connectivity index (χ2n) is 5.44. The number of nitrogens with one attached hydrogen (secondary N) is 1. The first-order valence-corrected chi connectivity index (χ1v) is 8.31. The number of nitrogens with zero attached hydrogens (tertiary/aromatic N) is 3. The van der Waals surface area contributed by atoms with Gasteiger partial charge in [-0.15, -0.1) is 0 Å². The van der Waals surface area contributed by atoms with E-state index in [-0.39, 0.29) is 0 Å². The van der Waals surface area contributed by atoms with Crippen LogP contribution >= 0.6 is 15.9 Å². The average molecular weight is 384 g/mol. The first-order valence-electron chi connectivity index (χ1n) is 7.51. The van der Waals surface area contributed by atoms with Crippen LogP contribution in [0.4, 0.5) is 23.0 Å². The number of rotatable bonds is 5. The standard InChI is InChI=1S/C18H18BrN5/c1-24(11-13-6-3-2-4-7-13)18-16(20)17(21-12-22-18)23-15-9-5-8-14(19)10-15/h2-10,12H,11,20H2,1H3,(H,21,22,23). The molecular weight excluding hydrogens is 366 g/mol. The Kier molecular flexibility index (Phi) is 4.96. The van der Waals surface area contributed by atoms with Crippen molar-refractivity contribution in [3.63, 3.8) is 0 Å². The van der Waals surface area contributed by atoms with Crippen LogP contribution in [0.2, 0.25) is 0 Å². The van der Waals surface area contributed by atoms with Crippen LogP contribution in [0.15, 0.2) is 65.4 Å². The highest BCUT2D eigenvalue weighted by molar-refractivity contribution is 9.10. The molecule has 0 bridgehead atoms. The topological polar surface area (TPSA) is 67.1 Å². The van der Waals surface area contributed by atoms with Crippen molar-refractivity contribution in [1.82, 2.24) is 9.97 Å². The SMILES string of the molecule is CN(Cc1ccccc1)c1ncnc(Nc2cccc(Br)c2)c1N. The Morgan fingerprint density at radius 3 is 2.62 bits per heavy atom. The molecule has 5 nitrogen and oxygen atoms in total. The van der Waals surface area contributed by atoms with E-state index < -0.39 is 0 Å². The quantitative estimate of drug-likeness (QED) is 0.690. The third-order valence-electron chi connectivity index (χ3n) is 3.57. The van der Waals surface area contributed by atoms with E-state index in [1.54, 1.807) is 0 Å². The van der Waals surface area contributed by atoms with Gasteiger partial charge in [0.1, 0.15) is 12.0 Å². The maximum Gasteiger partial charge on any atom is 0.159 e. The molecule has 0 spiro atoms. The predicted molar refractivity (Wildman–Crippen MR) is 102 cm³/mol. The average Bonchev–Trinajstić information content (AvgIpc) is 2.58. The Balaban J connectivity index is 1.82. The normalized spacial score (nSPS) is 10.4. The Morgan fingerprint density at radius 2 is 1.88 bits per heavy atom. The molecule has 0 fully saturated rings. The largest absolute Gasteiger partial charge is 0.393 e. The minimum atomic E-state index is 0.524. The Labute approximate surface area is 149 Å². The van der Waals surface area contributed by atoms with Crippen LogP contribution in [0.3, 0.4) is 0 Å². The minimum Gasteiger partial charge on any atom is -0.393 e. The molecule has 0 saturated carbocycles. The van der Waals surface area contributed by atoms with E-state index >= 15 is 0 Å². The number of anilines is 4. The third-order valence-corrected chi connectivity index (χ3v) is 4.07. The Bertz CT molecular complexity index is 823. The van der Waals surface area contributed by atoms with Gasteiger partial charge in [-0.05, 0) is 23.8 Å². The molecule has 0 saturated heterocycles. The van der Waals surface area contributed by atoms with Crippen molar-refractivity contribution >= 4 is 38.9 Å². The zero-order valence-electron chi connectivity index (χ0n) is 13.3. The van der Waals surface area contributed by atoms with Crippen molar-refractivity contribution in [2.24, 2.45) is 0 Å². The van der Waals surface area contributed by atoms with Crippen LogP contribution in [-0.2, 0) is 6.54 Å². The number of benzene rings is 2. The molecule has 0 aliphatic carbocycles. The van der Waals surface area contributed by atoms with Gasteiger partial charge < -0.3 is 16.0 Å². The molecule has 6 heteroatoms. The summed E-state index contributed by atoms with van der Waals surface area (Å²) < 4.78 is 0.988.